The van der Waals surface area contributed by atoms with E-state index in [2.05, 4.69) is 13.5 Å². The average Bonchev–Trinajstić information content (AvgIpc) is 2.10. The lowest BCUT2D eigenvalue weighted by molar-refractivity contribution is -0.115. The van der Waals surface area contributed by atoms with Gasteiger partial charge in [0, 0.05) is 5.92 Å². The number of hydrogen-bond acceptors (Lipinski definition) is 1. The van der Waals surface area contributed by atoms with E-state index in [4.69, 9.17) is 11.6 Å². The predicted octanol–water partition coefficient (Wildman–Crippen LogP) is 3.91. The van der Waals surface area contributed by atoms with Crippen molar-refractivity contribution in [3.63, 3.8) is 0 Å². The van der Waals surface area contributed by atoms with Crippen LogP contribution in [0.4, 0.5) is 0 Å². The first-order valence-corrected chi connectivity index (χ1v) is 5.40. The zero-order valence-electron chi connectivity index (χ0n) is 8.39. The molecule has 0 saturated carbocycles. The van der Waals surface area contributed by atoms with Crippen LogP contribution in [-0.2, 0) is 4.79 Å². The highest BCUT2D eigenvalue weighted by Gasteiger charge is 2.14. The summed E-state index contributed by atoms with van der Waals surface area (Å²) in [5, 5.41) is -0.169. The van der Waals surface area contributed by atoms with Crippen LogP contribution in [0.25, 0.3) is 0 Å². The van der Waals surface area contributed by atoms with Gasteiger partial charge in [0.15, 0.2) is 0 Å². The normalized spacial score (nSPS) is 12.5. The van der Waals surface area contributed by atoms with Gasteiger partial charge in [-0.1, -0.05) is 25.8 Å². The van der Waals surface area contributed by atoms with E-state index in [-0.39, 0.29) is 11.2 Å². The summed E-state index contributed by atoms with van der Waals surface area (Å²) >= 11 is 5.49. The average molecular weight is 203 g/mol. The van der Waals surface area contributed by atoms with Gasteiger partial charge in [-0.3, -0.25) is 4.79 Å². The molecule has 0 spiro atoms. The van der Waals surface area contributed by atoms with E-state index >= 15 is 0 Å². The molecular formula is C11H19ClO. The van der Waals surface area contributed by atoms with Crippen LogP contribution in [0, 0.1) is 5.92 Å². The van der Waals surface area contributed by atoms with Crippen molar-refractivity contribution in [3.8, 4) is 0 Å². The van der Waals surface area contributed by atoms with Crippen molar-refractivity contribution in [3.05, 3.63) is 12.7 Å². The highest BCUT2D eigenvalue weighted by Crippen LogP contribution is 2.18. The third kappa shape index (κ3) is 6.83. The van der Waals surface area contributed by atoms with Gasteiger partial charge in [0.25, 0.3) is 0 Å². The molecule has 0 heterocycles. The fraction of sp³-hybridized carbons (Fsp3) is 0.727. The van der Waals surface area contributed by atoms with Crippen LogP contribution < -0.4 is 0 Å². The van der Waals surface area contributed by atoms with Crippen molar-refractivity contribution in [2.75, 3.05) is 0 Å². The number of hydrogen-bond donors (Lipinski definition) is 0. The Balaban J connectivity index is 3.66. The van der Waals surface area contributed by atoms with Gasteiger partial charge in [-0.2, -0.15) is 0 Å². The summed E-state index contributed by atoms with van der Waals surface area (Å²) < 4.78 is 0. The molecule has 0 radical (unpaired) electrons. The molecule has 0 bridgehead atoms. The minimum absolute atomic E-state index is 0.0709. The second-order valence-electron chi connectivity index (χ2n) is 3.36. The van der Waals surface area contributed by atoms with Crippen LogP contribution in [-0.4, -0.2) is 5.24 Å². The maximum atomic E-state index is 11.0. The van der Waals surface area contributed by atoms with Crippen LogP contribution in [0.1, 0.15) is 45.4 Å². The lowest BCUT2D eigenvalue weighted by atomic mass is 9.97. The van der Waals surface area contributed by atoms with E-state index in [1.807, 2.05) is 6.08 Å². The summed E-state index contributed by atoms with van der Waals surface area (Å²) in [4.78, 5) is 11.0. The maximum absolute atomic E-state index is 11.0. The van der Waals surface area contributed by atoms with Gasteiger partial charge < -0.3 is 0 Å². The van der Waals surface area contributed by atoms with Gasteiger partial charge in [0.2, 0.25) is 5.24 Å². The molecule has 0 amide bonds. The van der Waals surface area contributed by atoms with Gasteiger partial charge >= 0.3 is 0 Å². The highest BCUT2D eigenvalue weighted by molar-refractivity contribution is 6.63. The standard InChI is InChI=1S/C11H19ClO/c1-3-5-7-9-10(11(12)13)8-6-4-2/h3,10H,1,4-9H2,2H3. The van der Waals surface area contributed by atoms with E-state index in [1.54, 1.807) is 0 Å². The van der Waals surface area contributed by atoms with E-state index in [1.165, 1.54) is 0 Å². The molecule has 0 aromatic carbocycles. The molecule has 0 N–H and O–H groups in total. The Morgan fingerprint density at radius 2 is 2.08 bits per heavy atom. The van der Waals surface area contributed by atoms with Crippen molar-refractivity contribution < 1.29 is 4.79 Å². The topological polar surface area (TPSA) is 17.1 Å². The summed E-state index contributed by atoms with van der Waals surface area (Å²) in [6, 6.07) is 0. The van der Waals surface area contributed by atoms with Crippen molar-refractivity contribution >= 4 is 16.8 Å². The van der Waals surface area contributed by atoms with Gasteiger partial charge in [0.05, 0.1) is 0 Å². The third-order valence-electron chi connectivity index (χ3n) is 2.19. The third-order valence-corrected chi connectivity index (χ3v) is 2.50. The Labute approximate surface area is 86.2 Å². The van der Waals surface area contributed by atoms with Crippen LogP contribution in [0.3, 0.4) is 0 Å². The van der Waals surface area contributed by atoms with Gasteiger partial charge in [0.1, 0.15) is 0 Å². The number of unbranched alkanes of at least 4 members (excludes halogenated alkanes) is 2. The van der Waals surface area contributed by atoms with Crippen LogP contribution in [0.15, 0.2) is 12.7 Å². The molecule has 0 aliphatic carbocycles. The smallest absolute Gasteiger partial charge is 0.224 e. The number of carbonyl (C=O) groups is 1. The quantitative estimate of drug-likeness (QED) is 0.331. The second-order valence-corrected chi connectivity index (χ2v) is 3.74. The molecule has 0 aromatic heterocycles. The number of carbonyl (C=O) groups excluding carboxylic acids is 1. The van der Waals surface area contributed by atoms with E-state index in [0.717, 1.165) is 38.5 Å². The fourth-order valence-electron chi connectivity index (χ4n) is 1.33. The van der Waals surface area contributed by atoms with Gasteiger partial charge in [-0.15, -0.1) is 6.58 Å². The van der Waals surface area contributed by atoms with Gasteiger partial charge in [-0.05, 0) is 37.3 Å². The number of allylic oxidation sites excluding steroid dienone is 1. The Morgan fingerprint density at radius 3 is 2.54 bits per heavy atom. The summed E-state index contributed by atoms with van der Waals surface area (Å²) in [6.07, 6.45) is 7.96. The predicted molar refractivity (Wildman–Crippen MR) is 57.9 cm³/mol. The molecule has 13 heavy (non-hydrogen) atoms. The summed E-state index contributed by atoms with van der Waals surface area (Å²) in [7, 11) is 0. The summed E-state index contributed by atoms with van der Waals surface area (Å²) in [5.41, 5.74) is 0. The molecule has 0 aliphatic rings. The molecular weight excluding hydrogens is 184 g/mol. The monoisotopic (exact) mass is 202 g/mol. The molecule has 0 rings (SSSR count). The van der Waals surface area contributed by atoms with E-state index < -0.39 is 0 Å². The lowest BCUT2D eigenvalue weighted by Gasteiger charge is -2.10. The van der Waals surface area contributed by atoms with Crippen molar-refractivity contribution in [2.24, 2.45) is 5.92 Å². The first-order valence-electron chi connectivity index (χ1n) is 5.02. The Hall–Kier alpha value is -0.300. The minimum Gasteiger partial charge on any atom is -0.281 e. The molecule has 1 atom stereocenters. The van der Waals surface area contributed by atoms with Crippen molar-refractivity contribution in [1.82, 2.24) is 0 Å². The van der Waals surface area contributed by atoms with Crippen molar-refractivity contribution in [1.29, 1.82) is 0 Å². The molecule has 0 aliphatic heterocycles. The second kappa shape index (κ2) is 8.31. The zero-order chi connectivity index (χ0) is 10.1. The zero-order valence-corrected chi connectivity index (χ0v) is 9.15. The fourth-order valence-corrected chi connectivity index (χ4v) is 1.55. The first kappa shape index (κ1) is 12.7. The Kier molecular flexibility index (Phi) is 8.11. The molecule has 0 fully saturated rings. The first-order chi connectivity index (χ1) is 6.22. The molecule has 1 unspecified atom stereocenters. The summed E-state index contributed by atoms with van der Waals surface area (Å²) in [5.74, 6) is 0.0709. The Morgan fingerprint density at radius 1 is 1.46 bits per heavy atom. The van der Waals surface area contributed by atoms with Crippen molar-refractivity contribution in [2.45, 2.75) is 45.4 Å². The molecule has 1 nitrogen and oxygen atoms in total. The largest absolute Gasteiger partial charge is 0.281 e. The summed E-state index contributed by atoms with van der Waals surface area (Å²) in [6.45, 7) is 5.77. The maximum Gasteiger partial charge on any atom is 0.224 e. The van der Waals surface area contributed by atoms with Crippen LogP contribution in [0.5, 0.6) is 0 Å². The molecule has 76 valence electrons. The Bertz CT molecular complexity index is 154. The number of rotatable bonds is 8. The number of halogens is 1. The highest BCUT2D eigenvalue weighted by atomic mass is 35.5. The molecule has 2 heteroatoms. The van der Waals surface area contributed by atoms with E-state index in [9.17, 15) is 4.79 Å². The molecule has 0 aromatic rings. The minimum atomic E-state index is -0.169. The van der Waals surface area contributed by atoms with Crippen LogP contribution >= 0.6 is 11.6 Å². The van der Waals surface area contributed by atoms with Crippen LogP contribution in [0.2, 0.25) is 0 Å². The molecule has 0 saturated heterocycles. The lowest BCUT2D eigenvalue weighted by Crippen LogP contribution is -2.08. The SMILES string of the molecule is C=CCCCC(CCCC)C(=O)Cl. The van der Waals surface area contributed by atoms with Gasteiger partial charge in [-0.25, -0.2) is 0 Å². The van der Waals surface area contributed by atoms with E-state index in [0.29, 0.717) is 0 Å².